The molecule has 0 spiro atoms. The van der Waals surface area contributed by atoms with E-state index in [4.69, 9.17) is 4.74 Å². The minimum atomic E-state index is -4.72. The molecule has 10 heteroatoms. The molecule has 2 aromatic rings. The first-order valence-corrected chi connectivity index (χ1v) is 7.01. The Labute approximate surface area is 127 Å². The van der Waals surface area contributed by atoms with Crippen LogP contribution in [0.3, 0.4) is 0 Å². The molecule has 120 valence electrons. The summed E-state index contributed by atoms with van der Waals surface area (Å²) in [6, 6.07) is 0. The summed E-state index contributed by atoms with van der Waals surface area (Å²) >= 11 is 0.994. The van der Waals surface area contributed by atoms with Crippen molar-refractivity contribution in [2.24, 2.45) is 0 Å². The second-order valence-corrected chi connectivity index (χ2v) is 6.13. The monoisotopic (exact) mass is 334 g/mol. The molecule has 0 bridgehead atoms. The minimum absolute atomic E-state index is 0.0459. The third-order valence-corrected chi connectivity index (χ3v) is 3.02. The maximum absolute atomic E-state index is 13.2. The van der Waals surface area contributed by atoms with Gasteiger partial charge in [-0.3, -0.25) is 5.32 Å². The molecule has 1 amide bonds. The fraction of sp³-hybridized carbons (Fsp3) is 0.417. The van der Waals surface area contributed by atoms with Gasteiger partial charge in [0.05, 0.1) is 11.9 Å². The number of hydrogen-bond donors (Lipinski definition) is 1. The van der Waals surface area contributed by atoms with Crippen LogP contribution < -0.4 is 5.32 Å². The van der Waals surface area contributed by atoms with Crippen molar-refractivity contribution in [1.29, 1.82) is 0 Å². The van der Waals surface area contributed by atoms with Crippen LogP contribution in [-0.4, -0.2) is 26.5 Å². The summed E-state index contributed by atoms with van der Waals surface area (Å²) < 4.78 is 45.3. The Kier molecular flexibility index (Phi) is 4.14. The smallest absolute Gasteiger partial charge is 0.435 e. The Balaban J connectivity index is 2.35. The average Bonchev–Trinajstić information content (AvgIpc) is 2.91. The van der Waals surface area contributed by atoms with Crippen molar-refractivity contribution < 1.29 is 22.7 Å². The molecule has 2 heterocycles. The predicted octanol–water partition coefficient (Wildman–Crippen LogP) is 3.69. The van der Waals surface area contributed by atoms with Crippen molar-refractivity contribution in [2.75, 3.05) is 5.32 Å². The molecule has 0 aliphatic heterocycles. The molecule has 0 saturated carbocycles. The van der Waals surface area contributed by atoms with Crippen molar-refractivity contribution >= 4 is 23.1 Å². The van der Waals surface area contributed by atoms with Gasteiger partial charge in [0.15, 0.2) is 5.69 Å². The van der Waals surface area contributed by atoms with E-state index in [1.165, 1.54) is 11.6 Å². The molecule has 0 radical (unpaired) electrons. The quantitative estimate of drug-likeness (QED) is 0.909. The number of hydrogen-bond acceptors (Lipinski definition) is 5. The molecule has 2 aromatic heterocycles. The number of carbonyl (C=O) groups excluding carboxylic acids is 1. The number of amides is 1. The van der Waals surface area contributed by atoms with Crippen LogP contribution in [0.15, 0.2) is 17.8 Å². The second-order valence-electron chi connectivity index (χ2n) is 5.26. The van der Waals surface area contributed by atoms with Crippen molar-refractivity contribution in [3.8, 4) is 5.13 Å². The van der Waals surface area contributed by atoms with Crippen molar-refractivity contribution in [1.82, 2.24) is 14.8 Å². The van der Waals surface area contributed by atoms with E-state index in [0.717, 1.165) is 17.5 Å². The molecule has 0 aliphatic rings. The lowest BCUT2D eigenvalue weighted by atomic mass is 10.2. The van der Waals surface area contributed by atoms with E-state index in [-0.39, 0.29) is 5.13 Å². The number of halogens is 3. The van der Waals surface area contributed by atoms with Gasteiger partial charge < -0.3 is 4.74 Å². The van der Waals surface area contributed by atoms with Gasteiger partial charge in [0.1, 0.15) is 5.60 Å². The fourth-order valence-corrected chi connectivity index (χ4v) is 2.20. The first kappa shape index (κ1) is 16.3. The maximum atomic E-state index is 13.2. The zero-order valence-electron chi connectivity index (χ0n) is 11.9. The molecular formula is C12H13F3N4O2S. The molecule has 0 aliphatic carbocycles. The van der Waals surface area contributed by atoms with Crippen LogP contribution in [0.1, 0.15) is 26.5 Å². The van der Waals surface area contributed by atoms with Crippen LogP contribution in [-0.2, 0) is 10.9 Å². The zero-order chi connectivity index (χ0) is 16.5. The topological polar surface area (TPSA) is 69.0 Å². The Hall–Kier alpha value is -2.10. The first-order valence-electron chi connectivity index (χ1n) is 6.13. The average molecular weight is 334 g/mol. The summed E-state index contributed by atoms with van der Waals surface area (Å²) in [4.78, 5) is 15.4. The number of nitrogens with one attached hydrogen (secondary N) is 1. The minimum Gasteiger partial charge on any atom is -0.444 e. The normalized spacial score (nSPS) is 12.3. The van der Waals surface area contributed by atoms with Crippen LogP contribution in [0.5, 0.6) is 0 Å². The molecule has 0 aromatic carbocycles. The summed E-state index contributed by atoms with van der Waals surface area (Å²) in [5.74, 6) is 0. The molecule has 0 unspecified atom stereocenters. The lowest BCUT2D eigenvalue weighted by Crippen LogP contribution is -2.28. The zero-order valence-corrected chi connectivity index (χ0v) is 12.7. The molecule has 22 heavy (non-hydrogen) atoms. The van der Waals surface area contributed by atoms with Crippen molar-refractivity contribution in [3.05, 3.63) is 23.5 Å². The summed E-state index contributed by atoms with van der Waals surface area (Å²) in [5.41, 5.74) is -2.43. The lowest BCUT2D eigenvalue weighted by molar-refractivity contribution is -0.142. The van der Waals surface area contributed by atoms with Gasteiger partial charge in [0, 0.05) is 11.6 Å². The van der Waals surface area contributed by atoms with Gasteiger partial charge in [0.25, 0.3) is 0 Å². The molecule has 0 atom stereocenters. The third kappa shape index (κ3) is 3.75. The third-order valence-electron chi connectivity index (χ3n) is 2.27. The molecule has 0 fully saturated rings. The SMILES string of the molecule is CC(C)(C)OC(=O)Nc1cnn(-c2nccs2)c1C(F)(F)F. The Morgan fingerprint density at radius 2 is 2.05 bits per heavy atom. The van der Waals surface area contributed by atoms with E-state index >= 15 is 0 Å². The number of nitrogens with zero attached hydrogens (tertiary/aromatic N) is 3. The highest BCUT2D eigenvalue weighted by atomic mass is 32.1. The highest BCUT2D eigenvalue weighted by molar-refractivity contribution is 7.12. The summed E-state index contributed by atoms with van der Waals surface area (Å²) in [5, 5.41) is 7.29. The Morgan fingerprint density at radius 3 is 2.55 bits per heavy atom. The summed E-state index contributed by atoms with van der Waals surface area (Å²) in [6.45, 7) is 4.82. The lowest BCUT2D eigenvalue weighted by Gasteiger charge is -2.20. The van der Waals surface area contributed by atoms with E-state index in [0.29, 0.717) is 4.68 Å². The fourth-order valence-electron chi connectivity index (χ4n) is 1.59. The Bertz CT molecular complexity index is 659. The number of rotatable bonds is 2. The van der Waals surface area contributed by atoms with Gasteiger partial charge in [-0.2, -0.15) is 23.0 Å². The standard InChI is InChI=1S/C12H13F3N4O2S/c1-11(2,3)21-10(20)18-7-6-17-19(8(7)12(13,14)15)9-16-4-5-22-9/h4-6H,1-3H3,(H,18,20). The van der Waals surface area contributed by atoms with Gasteiger partial charge in [-0.15, -0.1) is 11.3 Å². The number of aromatic nitrogens is 3. The van der Waals surface area contributed by atoms with E-state index in [1.807, 2.05) is 0 Å². The van der Waals surface area contributed by atoms with Crippen LogP contribution in [0, 0.1) is 0 Å². The van der Waals surface area contributed by atoms with Crippen molar-refractivity contribution in [2.45, 2.75) is 32.5 Å². The number of ether oxygens (including phenoxy) is 1. The second kappa shape index (κ2) is 5.59. The highest BCUT2D eigenvalue weighted by Gasteiger charge is 2.40. The molecule has 0 saturated heterocycles. The number of anilines is 1. The summed E-state index contributed by atoms with van der Waals surface area (Å²) in [7, 11) is 0. The Morgan fingerprint density at radius 1 is 1.36 bits per heavy atom. The van der Waals surface area contributed by atoms with E-state index in [1.54, 1.807) is 20.8 Å². The maximum Gasteiger partial charge on any atom is 0.435 e. The first-order chi connectivity index (χ1) is 10.1. The predicted molar refractivity (Wildman–Crippen MR) is 74.1 cm³/mol. The molecule has 2 rings (SSSR count). The number of thiazole rings is 1. The number of alkyl halides is 3. The summed E-state index contributed by atoms with van der Waals surface area (Å²) in [6.07, 6.45) is -3.43. The van der Waals surface area contributed by atoms with Gasteiger partial charge in [-0.1, -0.05) is 0 Å². The molecule has 1 N–H and O–H groups in total. The van der Waals surface area contributed by atoms with Gasteiger partial charge in [-0.05, 0) is 20.8 Å². The highest BCUT2D eigenvalue weighted by Crippen LogP contribution is 2.36. The van der Waals surface area contributed by atoms with Gasteiger partial charge >= 0.3 is 12.3 Å². The van der Waals surface area contributed by atoms with Gasteiger partial charge in [-0.25, -0.2) is 9.78 Å². The van der Waals surface area contributed by atoms with Crippen LogP contribution >= 0.6 is 11.3 Å². The largest absolute Gasteiger partial charge is 0.444 e. The van der Waals surface area contributed by atoms with E-state index in [9.17, 15) is 18.0 Å². The van der Waals surface area contributed by atoms with Crippen LogP contribution in [0.25, 0.3) is 5.13 Å². The number of carbonyl (C=O) groups is 1. The van der Waals surface area contributed by atoms with Crippen LogP contribution in [0.4, 0.5) is 23.7 Å². The van der Waals surface area contributed by atoms with Gasteiger partial charge in [0.2, 0.25) is 5.13 Å². The van der Waals surface area contributed by atoms with E-state index in [2.05, 4.69) is 15.4 Å². The van der Waals surface area contributed by atoms with Crippen molar-refractivity contribution in [3.63, 3.8) is 0 Å². The van der Waals surface area contributed by atoms with E-state index < -0.39 is 29.3 Å². The van der Waals surface area contributed by atoms with Crippen LogP contribution in [0.2, 0.25) is 0 Å². The molecular weight excluding hydrogens is 321 g/mol. The molecule has 6 nitrogen and oxygen atoms in total.